The molecule has 4 heterocycles. The summed E-state index contributed by atoms with van der Waals surface area (Å²) in [5, 5.41) is 6.21. The summed E-state index contributed by atoms with van der Waals surface area (Å²) >= 11 is 1.68. The lowest BCUT2D eigenvalue weighted by Crippen LogP contribution is -2.00. The molecule has 0 radical (unpaired) electrons. The maximum atomic E-state index is 8.81. The minimum Gasteiger partial charge on any atom is -0.456 e. The van der Waals surface area contributed by atoms with Gasteiger partial charge in [-0.3, -0.25) is 0 Å². The molecule has 51 heavy (non-hydrogen) atoms. The molecule has 0 aliphatic heterocycles. The molecule has 11 rings (SSSR count). The molecule has 0 aliphatic carbocycles. The first-order valence-corrected chi connectivity index (χ1v) is 17.3. The topological polar surface area (TPSA) is 56.7 Å². The summed E-state index contributed by atoms with van der Waals surface area (Å²) in [6.07, 6.45) is 0. The normalized spacial score (nSPS) is 13.3. The zero-order valence-electron chi connectivity index (χ0n) is 31.7. The summed E-state index contributed by atoms with van der Waals surface area (Å²) < 4.78 is 53.2. The lowest BCUT2D eigenvalue weighted by molar-refractivity contribution is 0.669. The van der Waals surface area contributed by atoms with Gasteiger partial charge in [0.15, 0.2) is 17.5 Å². The lowest BCUT2D eigenvalue weighted by Gasteiger charge is -2.10. The van der Waals surface area contributed by atoms with E-state index in [9.17, 15) is 0 Å². The Hall–Kier alpha value is -6.63. The molecule has 7 aromatic carbocycles. The van der Waals surface area contributed by atoms with E-state index < -0.39 is 18.1 Å². The van der Waals surface area contributed by atoms with Crippen LogP contribution >= 0.6 is 11.3 Å². The van der Waals surface area contributed by atoms with Crippen LogP contribution in [0.4, 0.5) is 0 Å². The minimum absolute atomic E-state index is 0.00987. The molecular weight excluding hydrogens is 645 g/mol. The Morgan fingerprint density at radius 1 is 0.510 bits per heavy atom. The quantitative estimate of drug-likeness (QED) is 0.186. The third-order valence-electron chi connectivity index (χ3n) is 9.55. The molecule has 4 aromatic heterocycles. The van der Waals surface area contributed by atoms with Crippen LogP contribution in [0.25, 0.3) is 104 Å². The fourth-order valence-corrected chi connectivity index (χ4v) is 8.47. The molecule has 0 atom stereocenters. The first-order chi connectivity index (χ1) is 27.3. The number of hydrogen-bond donors (Lipinski definition) is 0. The number of thiophene rings is 1. The molecule has 0 saturated heterocycles. The zero-order chi connectivity index (χ0) is 37.8. The Bertz CT molecular complexity index is 3380. The number of rotatable bonds is 4. The van der Waals surface area contributed by atoms with Gasteiger partial charge in [0.2, 0.25) is 0 Å². The van der Waals surface area contributed by atoms with Crippen LogP contribution in [-0.2, 0) is 0 Å². The van der Waals surface area contributed by atoms with Crippen molar-refractivity contribution in [1.29, 1.82) is 0 Å². The fraction of sp³-hybridized carbons (Fsp3) is 0. The van der Waals surface area contributed by atoms with E-state index in [0.717, 1.165) is 58.8 Å². The second-order valence-electron chi connectivity index (χ2n) is 12.4. The van der Waals surface area contributed by atoms with Gasteiger partial charge in [0.1, 0.15) is 11.2 Å². The Morgan fingerprint density at radius 3 is 2.00 bits per heavy atom. The Balaban J connectivity index is 1.15. The molecule has 238 valence electrons. The molecular formula is C45H26N4OS. The number of fused-ring (bicyclic) bond motifs is 9. The van der Waals surface area contributed by atoms with E-state index >= 15 is 0 Å². The van der Waals surface area contributed by atoms with Gasteiger partial charge in [-0.2, -0.15) is 0 Å². The Kier molecular flexibility index (Phi) is 5.08. The summed E-state index contributed by atoms with van der Waals surface area (Å²) in [7, 11) is 0. The predicted molar refractivity (Wildman–Crippen MR) is 211 cm³/mol. The zero-order valence-corrected chi connectivity index (χ0v) is 27.5. The van der Waals surface area contributed by atoms with Crippen molar-refractivity contribution in [3.8, 4) is 39.9 Å². The third kappa shape index (κ3) is 4.37. The van der Waals surface area contributed by atoms with Crippen LogP contribution in [-0.4, -0.2) is 19.5 Å². The van der Waals surface area contributed by atoms with E-state index in [4.69, 9.17) is 26.2 Å². The summed E-state index contributed by atoms with van der Waals surface area (Å²) in [5.41, 5.74) is 6.11. The van der Waals surface area contributed by atoms with Crippen molar-refractivity contribution in [3.63, 3.8) is 0 Å². The minimum atomic E-state index is -0.481. The molecule has 0 unspecified atom stereocenters. The van der Waals surface area contributed by atoms with Crippen LogP contribution in [0.2, 0.25) is 0 Å². The number of nitrogens with zero attached hydrogens (tertiary/aromatic N) is 4. The average molecular weight is 676 g/mol. The Morgan fingerprint density at radius 2 is 1.20 bits per heavy atom. The maximum Gasteiger partial charge on any atom is 0.164 e. The standard InChI is InChI=1S/C45H26N4OS/c1-2-11-27(12-3-1)43-46-44(28-21-24-39-35(25-28)32-15-6-9-19-38(32)50-39)48-45(47-43)34-16-10-20-40-42(34)33-23-22-29(26-41(33)51-40)49-36-17-7-4-13-30(36)31-14-5-8-18-37(31)49/h1-26H/i1D,2D,3D,11D,12D. The number of benzene rings is 7. The molecule has 0 N–H and O–H groups in total. The molecule has 0 amide bonds. The summed E-state index contributed by atoms with van der Waals surface area (Å²) in [6, 6.07) is 40.8. The maximum absolute atomic E-state index is 8.81. The smallest absolute Gasteiger partial charge is 0.164 e. The number of aromatic nitrogens is 4. The second kappa shape index (κ2) is 10.9. The third-order valence-corrected chi connectivity index (χ3v) is 10.7. The monoisotopic (exact) mass is 675 g/mol. The van der Waals surface area contributed by atoms with Gasteiger partial charge in [0.05, 0.1) is 17.9 Å². The molecule has 0 spiro atoms. The highest BCUT2D eigenvalue weighted by Crippen LogP contribution is 2.42. The van der Waals surface area contributed by atoms with Crippen molar-refractivity contribution >= 4 is 75.3 Å². The van der Waals surface area contributed by atoms with Crippen molar-refractivity contribution in [2.45, 2.75) is 0 Å². The summed E-state index contributed by atoms with van der Waals surface area (Å²) in [6.45, 7) is 0. The first kappa shape index (κ1) is 23.7. The number of hydrogen-bond acceptors (Lipinski definition) is 5. The summed E-state index contributed by atoms with van der Waals surface area (Å²) in [5.74, 6) is 0.615. The SMILES string of the molecule is [2H]c1c([2H])c([2H])c(-c2nc(-c3ccc4oc5ccccc5c4c3)nc(-c3cccc4sc5cc(-n6c7ccccc7c7ccccc76)ccc5c34)n2)c([2H])c1[2H]. The van der Waals surface area contributed by atoms with Crippen LogP contribution in [0.5, 0.6) is 0 Å². The highest BCUT2D eigenvalue weighted by Gasteiger charge is 2.19. The van der Waals surface area contributed by atoms with E-state index in [2.05, 4.69) is 77.4 Å². The van der Waals surface area contributed by atoms with E-state index in [1.54, 1.807) is 11.3 Å². The number of furan rings is 1. The van der Waals surface area contributed by atoms with Crippen LogP contribution in [0, 0.1) is 0 Å². The molecule has 5 nitrogen and oxygen atoms in total. The van der Waals surface area contributed by atoms with Crippen molar-refractivity contribution in [1.82, 2.24) is 19.5 Å². The average Bonchev–Trinajstić information content (AvgIpc) is 3.91. The largest absolute Gasteiger partial charge is 0.456 e. The fourth-order valence-electron chi connectivity index (χ4n) is 7.30. The van der Waals surface area contributed by atoms with Gasteiger partial charge in [-0.1, -0.05) is 103 Å². The van der Waals surface area contributed by atoms with Crippen molar-refractivity contribution < 1.29 is 11.3 Å². The molecule has 6 heteroatoms. The van der Waals surface area contributed by atoms with E-state index in [1.165, 1.54) is 10.8 Å². The van der Waals surface area contributed by atoms with Gasteiger partial charge < -0.3 is 8.98 Å². The van der Waals surface area contributed by atoms with Gasteiger partial charge >= 0.3 is 0 Å². The van der Waals surface area contributed by atoms with E-state index in [0.29, 0.717) is 22.8 Å². The molecule has 0 aliphatic rings. The summed E-state index contributed by atoms with van der Waals surface area (Å²) in [4.78, 5) is 14.7. The molecule has 0 saturated carbocycles. The predicted octanol–water partition coefficient (Wildman–Crippen LogP) is 12.2. The van der Waals surface area contributed by atoms with Gasteiger partial charge in [0.25, 0.3) is 0 Å². The van der Waals surface area contributed by atoms with Gasteiger partial charge in [-0.25, -0.2) is 15.0 Å². The first-order valence-electron chi connectivity index (χ1n) is 19.0. The highest BCUT2D eigenvalue weighted by molar-refractivity contribution is 7.26. The van der Waals surface area contributed by atoms with Crippen LogP contribution in [0.1, 0.15) is 6.85 Å². The molecule has 0 fully saturated rings. The van der Waals surface area contributed by atoms with Crippen LogP contribution < -0.4 is 0 Å². The van der Waals surface area contributed by atoms with E-state index in [1.807, 2.05) is 54.6 Å². The second-order valence-corrected chi connectivity index (χ2v) is 13.5. The Labute approximate surface area is 302 Å². The van der Waals surface area contributed by atoms with E-state index in [-0.39, 0.29) is 23.5 Å². The van der Waals surface area contributed by atoms with Gasteiger partial charge in [0, 0.05) is 64.1 Å². The van der Waals surface area contributed by atoms with Crippen molar-refractivity contribution in [2.24, 2.45) is 0 Å². The van der Waals surface area contributed by atoms with Crippen LogP contribution in [0.3, 0.4) is 0 Å². The van der Waals surface area contributed by atoms with Gasteiger partial charge in [-0.15, -0.1) is 11.3 Å². The highest BCUT2D eigenvalue weighted by atomic mass is 32.1. The number of para-hydroxylation sites is 3. The van der Waals surface area contributed by atoms with Crippen molar-refractivity contribution in [3.05, 3.63) is 158 Å². The van der Waals surface area contributed by atoms with Gasteiger partial charge in [-0.05, 0) is 54.6 Å². The van der Waals surface area contributed by atoms with Crippen LogP contribution in [0.15, 0.2) is 162 Å². The molecule has 11 aromatic rings. The lowest BCUT2D eigenvalue weighted by atomic mass is 10.0. The van der Waals surface area contributed by atoms with Crippen molar-refractivity contribution in [2.75, 3.05) is 0 Å². The molecule has 0 bridgehead atoms.